The van der Waals surface area contributed by atoms with E-state index in [0.29, 0.717) is 61.3 Å². The van der Waals surface area contributed by atoms with Crippen molar-refractivity contribution in [2.45, 2.75) is 46.1 Å². The molecule has 0 bridgehead atoms. The summed E-state index contributed by atoms with van der Waals surface area (Å²) in [5.41, 5.74) is 3.34. The quantitative estimate of drug-likeness (QED) is 0.703. The molecule has 1 fully saturated rings. The lowest BCUT2D eigenvalue weighted by Gasteiger charge is -2.30. The summed E-state index contributed by atoms with van der Waals surface area (Å²) in [5.74, 6) is -0.0159. The minimum atomic E-state index is -0.412. The molecule has 33 heavy (non-hydrogen) atoms. The summed E-state index contributed by atoms with van der Waals surface area (Å²) in [7, 11) is 0. The Morgan fingerprint density at radius 2 is 1.82 bits per heavy atom. The van der Waals surface area contributed by atoms with Crippen LogP contribution in [0.5, 0.6) is 5.75 Å². The summed E-state index contributed by atoms with van der Waals surface area (Å²) in [4.78, 5) is 37.7. The first-order valence-corrected chi connectivity index (χ1v) is 11.4. The minimum Gasteiger partial charge on any atom is -0.487 e. The smallest absolute Gasteiger partial charge is 0.223 e. The molecule has 1 N–H and O–H groups in total. The van der Waals surface area contributed by atoms with Gasteiger partial charge in [0.1, 0.15) is 17.7 Å². The molecular weight excluding hydrogens is 423 g/mol. The van der Waals surface area contributed by atoms with Crippen LogP contribution in [0.2, 0.25) is 0 Å². The summed E-state index contributed by atoms with van der Waals surface area (Å²) in [5, 5.41) is 3.00. The topological polar surface area (TPSA) is 75.7 Å². The van der Waals surface area contributed by atoms with E-state index < -0.39 is 5.82 Å². The van der Waals surface area contributed by atoms with Gasteiger partial charge < -0.3 is 15.0 Å². The number of carbonyl (C=O) groups excluding carboxylic acids is 3. The average molecular weight is 453 g/mol. The maximum atomic E-state index is 14.7. The number of carbonyl (C=O) groups is 3. The molecule has 7 heteroatoms. The van der Waals surface area contributed by atoms with Crippen LogP contribution in [0, 0.1) is 18.7 Å². The van der Waals surface area contributed by atoms with Crippen molar-refractivity contribution in [2.75, 3.05) is 19.6 Å². The number of Topliss-reactive ketones (excluding diaryl/α,β-unsaturated/α-hetero) is 1. The standard InChI is InChI=1S/C26H29FN2O4/c1-15-10-20-12-21(14-28-26(32)18-6-8-29(9-7-18)17(3)31)33-25(20)23(11-15)22-13-19(16(2)30)4-5-24(22)27/h4-5,10-11,13,18,21H,6-9,12,14H2,1-3H3,(H,28,32)/t21-/m1/s1. The zero-order valence-corrected chi connectivity index (χ0v) is 19.2. The van der Waals surface area contributed by atoms with Crippen molar-refractivity contribution in [3.63, 3.8) is 0 Å². The van der Waals surface area contributed by atoms with Crippen LogP contribution in [0.3, 0.4) is 0 Å². The third kappa shape index (κ3) is 4.92. The molecule has 0 radical (unpaired) electrons. The number of ether oxygens (including phenoxy) is 1. The van der Waals surface area contributed by atoms with Crippen molar-refractivity contribution in [1.29, 1.82) is 0 Å². The number of amides is 2. The molecule has 0 aliphatic carbocycles. The molecule has 2 aliphatic rings. The van der Waals surface area contributed by atoms with Gasteiger partial charge >= 0.3 is 0 Å². The van der Waals surface area contributed by atoms with E-state index in [0.717, 1.165) is 11.1 Å². The second kappa shape index (κ2) is 9.33. The highest BCUT2D eigenvalue weighted by Crippen LogP contribution is 2.41. The van der Waals surface area contributed by atoms with Crippen LogP contribution in [0.15, 0.2) is 30.3 Å². The number of hydrogen-bond acceptors (Lipinski definition) is 4. The molecular formula is C26H29FN2O4. The fourth-order valence-corrected chi connectivity index (χ4v) is 4.67. The zero-order valence-electron chi connectivity index (χ0n) is 19.2. The van der Waals surface area contributed by atoms with Crippen molar-refractivity contribution >= 4 is 17.6 Å². The number of halogens is 1. The van der Waals surface area contributed by atoms with Gasteiger partial charge in [0.2, 0.25) is 11.8 Å². The van der Waals surface area contributed by atoms with Gasteiger partial charge in [-0.3, -0.25) is 14.4 Å². The number of hydrogen-bond donors (Lipinski definition) is 1. The molecule has 174 valence electrons. The lowest BCUT2D eigenvalue weighted by molar-refractivity contribution is -0.134. The summed E-state index contributed by atoms with van der Waals surface area (Å²) >= 11 is 0. The molecule has 0 spiro atoms. The number of nitrogens with one attached hydrogen (secondary N) is 1. The number of fused-ring (bicyclic) bond motifs is 1. The number of piperidine rings is 1. The fourth-order valence-electron chi connectivity index (χ4n) is 4.67. The summed E-state index contributed by atoms with van der Waals surface area (Å²) in [6.45, 7) is 6.51. The number of ketones is 1. The van der Waals surface area contributed by atoms with E-state index in [9.17, 15) is 18.8 Å². The van der Waals surface area contributed by atoms with Crippen molar-refractivity contribution in [1.82, 2.24) is 10.2 Å². The predicted molar refractivity (Wildman–Crippen MR) is 123 cm³/mol. The lowest BCUT2D eigenvalue weighted by atomic mass is 9.95. The summed E-state index contributed by atoms with van der Waals surface area (Å²) in [6, 6.07) is 8.25. The second-order valence-electron chi connectivity index (χ2n) is 9.02. The molecule has 0 unspecified atom stereocenters. The molecule has 6 nitrogen and oxygen atoms in total. The van der Waals surface area contributed by atoms with E-state index in [1.807, 2.05) is 19.1 Å². The van der Waals surface area contributed by atoms with Gasteiger partial charge in [0.25, 0.3) is 0 Å². The number of aryl methyl sites for hydroxylation is 1. The van der Waals surface area contributed by atoms with Gasteiger partial charge in [0.15, 0.2) is 5.78 Å². The summed E-state index contributed by atoms with van der Waals surface area (Å²) in [6.07, 6.45) is 1.68. The number of nitrogens with zero attached hydrogens (tertiary/aromatic N) is 1. The summed E-state index contributed by atoms with van der Waals surface area (Å²) < 4.78 is 20.9. The van der Waals surface area contributed by atoms with Crippen LogP contribution < -0.4 is 10.1 Å². The maximum absolute atomic E-state index is 14.7. The SMILES string of the molecule is CC(=O)c1ccc(F)c(-c2cc(C)cc3c2O[C@@H](CNC(=O)C2CCN(C(C)=O)CC2)C3)c1. The Hall–Kier alpha value is -3.22. The molecule has 1 atom stereocenters. The van der Waals surface area contributed by atoms with Gasteiger partial charge in [-0.25, -0.2) is 4.39 Å². The molecule has 1 saturated heterocycles. The molecule has 2 amide bonds. The maximum Gasteiger partial charge on any atom is 0.223 e. The molecule has 2 aliphatic heterocycles. The van der Waals surface area contributed by atoms with E-state index in [-0.39, 0.29) is 29.6 Å². The first-order chi connectivity index (χ1) is 15.7. The molecule has 0 saturated carbocycles. The van der Waals surface area contributed by atoms with Crippen LogP contribution in [0.1, 0.15) is 48.2 Å². The highest BCUT2D eigenvalue weighted by Gasteiger charge is 2.30. The van der Waals surface area contributed by atoms with E-state index >= 15 is 0 Å². The van der Waals surface area contributed by atoms with Crippen molar-refractivity contribution in [3.05, 3.63) is 52.8 Å². The normalized spacial score (nSPS) is 17.9. The molecule has 2 aromatic carbocycles. The number of rotatable bonds is 5. The Morgan fingerprint density at radius 3 is 2.48 bits per heavy atom. The highest BCUT2D eigenvalue weighted by atomic mass is 19.1. The van der Waals surface area contributed by atoms with Crippen LogP contribution >= 0.6 is 0 Å². The third-order valence-corrected chi connectivity index (χ3v) is 6.52. The molecule has 2 aromatic rings. The van der Waals surface area contributed by atoms with Crippen molar-refractivity contribution in [3.8, 4) is 16.9 Å². The Bertz CT molecular complexity index is 1110. The minimum absolute atomic E-state index is 0.0191. The van der Waals surface area contributed by atoms with E-state index in [1.165, 1.54) is 19.1 Å². The van der Waals surface area contributed by atoms with Crippen LogP contribution in [0.25, 0.3) is 11.1 Å². The van der Waals surface area contributed by atoms with Gasteiger partial charge in [0.05, 0.1) is 6.54 Å². The van der Waals surface area contributed by atoms with E-state index in [2.05, 4.69) is 5.32 Å². The van der Waals surface area contributed by atoms with Crippen molar-refractivity contribution in [2.24, 2.45) is 5.92 Å². The van der Waals surface area contributed by atoms with Gasteiger partial charge in [-0.1, -0.05) is 6.07 Å². The average Bonchev–Trinajstić information content (AvgIpc) is 3.20. The monoisotopic (exact) mass is 452 g/mol. The van der Waals surface area contributed by atoms with E-state index in [4.69, 9.17) is 4.74 Å². The van der Waals surface area contributed by atoms with Gasteiger partial charge in [-0.05, 0) is 62.1 Å². The second-order valence-corrected chi connectivity index (χ2v) is 9.02. The fraction of sp³-hybridized carbons (Fsp3) is 0.423. The Labute approximate surface area is 193 Å². The van der Waals surface area contributed by atoms with Crippen LogP contribution in [-0.2, 0) is 16.0 Å². The molecule has 4 rings (SSSR count). The lowest BCUT2D eigenvalue weighted by Crippen LogP contribution is -2.44. The zero-order chi connectivity index (χ0) is 23.7. The number of benzene rings is 2. The highest BCUT2D eigenvalue weighted by molar-refractivity contribution is 5.95. The van der Waals surface area contributed by atoms with Crippen LogP contribution in [0.4, 0.5) is 4.39 Å². The largest absolute Gasteiger partial charge is 0.487 e. The first kappa shape index (κ1) is 23.0. The Balaban J connectivity index is 1.45. The Kier molecular flexibility index (Phi) is 6.49. The van der Waals surface area contributed by atoms with Gasteiger partial charge in [0, 0.05) is 49.0 Å². The molecule has 2 heterocycles. The van der Waals surface area contributed by atoms with Gasteiger partial charge in [-0.2, -0.15) is 0 Å². The predicted octanol–water partition coefficient (Wildman–Crippen LogP) is 3.68. The van der Waals surface area contributed by atoms with E-state index in [1.54, 1.807) is 17.9 Å². The third-order valence-electron chi connectivity index (χ3n) is 6.52. The Morgan fingerprint density at radius 1 is 1.09 bits per heavy atom. The molecule has 0 aromatic heterocycles. The first-order valence-electron chi connectivity index (χ1n) is 11.4. The van der Waals surface area contributed by atoms with Crippen molar-refractivity contribution < 1.29 is 23.5 Å². The van der Waals surface area contributed by atoms with Gasteiger partial charge in [-0.15, -0.1) is 0 Å². The van der Waals surface area contributed by atoms with Crippen LogP contribution in [-0.4, -0.2) is 48.2 Å². The number of likely N-dealkylation sites (tertiary alicyclic amines) is 1.